The molecular weight excluding hydrogens is 224 g/mol. The summed E-state index contributed by atoms with van der Waals surface area (Å²) < 4.78 is 0. The van der Waals surface area contributed by atoms with Gasteiger partial charge >= 0.3 is 0 Å². The highest BCUT2D eigenvalue weighted by Crippen LogP contribution is 2.20. The predicted molar refractivity (Wildman–Crippen MR) is 78.2 cm³/mol. The molecule has 1 aromatic rings. The van der Waals surface area contributed by atoms with E-state index in [1.807, 2.05) is 0 Å². The van der Waals surface area contributed by atoms with Gasteiger partial charge in [-0.3, -0.25) is 0 Å². The zero-order valence-corrected chi connectivity index (χ0v) is 11.9. The lowest BCUT2D eigenvalue weighted by atomic mass is 10.2. The topological polar surface area (TPSA) is 49.8 Å². The number of nitrogens with one attached hydrogen (secondary N) is 2. The SMILES string of the molecule is CCCCCCNc1ncnc(NCC)c1CC. The lowest BCUT2D eigenvalue weighted by molar-refractivity contribution is 0.684. The van der Waals surface area contributed by atoms with Crippen LogP contribution in [0, 0.1) is 0 Å². The summed E-state index contributed by atoms with van der Waals surface area (Å²) in [4.78, 5) is 8.64. The van der Waals surface area contributed by atoms with Gasteiger partial charge in [0.1, 0.15) is 18.0 Å². The molecule has 0 amide bonds. The fourth-order valence-electron chi connectivity index (χ4n) is 1.98. The number of unbranched alkanes of at least 4 members (excludes halogenated alkanes) is 3. The van der Waals surface area contributed by atoms with Crippen molar-refractivity contribution in [3.63, 3.8) is 0 Å². The van der Waals surface area contributed by atoms with Crippen LogP contribution >= 0.6 is 0 Å². The summed E-state index contributed by atoms with van der Waals surface area (Å²) in [5, 5.41) is 6.72. The summed E-state index contributed by atoms with van der Waals surface area (Å²) in [6.45, 7) is 8.34. The third kappa shape index (κ3) is 4.51. The second kappa shape index (κ2) is 8.72. The van der Waals surface area contributed by atoms with Gasteiger partial charge in [0.2, 0.25) is 0 Å². The van der Waals surface area contributed by atoms with Crippen LogP contribution in [0.1, 0.15) is 52.0 Å². The van der Waals surface area contributed by atoms with Crippen LogP contribution in [0.4, 0.5) is 11.6 Å². The van der Waals surface area contributed by atoms with Crippen molar-refractivity contribution in [2.45, 2.75) is 52.9 Å². The quantitative estimate of drug-likeness (QED) is 0.659. The molecule has 2 N–H and O–H groups in total. The first-order chi connectivity index (χ1) is 8.83. The average molecular weight is 250 g/mol. The minimum absolute atomic E-state index is 0.889. The van der Waals surface area contributed by atoms with Crippen molar-refractivity contribution < 1.29 is 0 Å². The standard InChI is InChI=1S/C14H26N4/c1-4-7-8-9-10-16-14-12(5-2)13(15-6-3)17-11-18-14/h11H,4-10H2,1-3H3,(H2,15,16,17,18). The first-order valence-electron chi connectivity index (χ1n) is 7.15. The molecule has 1 aromatic heterocycles. The van der Waals surface area contributed by atoms with Gasteiger partial charge in [-0.25, -0.2) is 9.97 Å². The van der Waals surface area contributed by atoms with Crippen molar-refractivity contribution in [3.8, 4) is 0 Å². The van der Waals surface area contributed by atoms with Gasteiger partial charge in [-0.2, -0.15) is 0 Å². The zero-order chi connectivity index (χ0) is 13.2. The van der Waals surface area contributed by atoms with E-state index in [9.17, 15) is 0 Å². The van der Waals surface area contributed by atoms with Gasteiger partial charge in [-0.15, -0.1) is 0 Å². The van der Waals surface area contributed by atoms with E-state index in [1.54, 1.807) is 6.33 Å². The second-order valence-electron chi connectivity index (χ2n) is 4.42. The van der Waals surface area contributed by atoms with Gasteiger partial charge < -0.3 is 10.6 Å². The number of anilines is 2. The van der Waals surface area contributed by atoms with E-state index in [0.717, 1.165) is 31.1 Å². The first kappa shape index (κ1) is 14.7. The molecule has 0 spiro atoms. The number of rotatable bonds is 9. The smallest absolute Gasteiger partial charge is 0.134 e. The van der Waals surface area contributed by atoms with E-state index in [2.05, 4.69) is 41.4 Å². The Kier molecular flexibility index (Phi) is 7.14. The molecule has 0 aliphatic carbocycles. The lowest BCUT2D eigenvalue weighted by Gasteiger charge is -2.13. The van der Waals surface area contributed by atoms with Crippen LogP contribution in [-0.2, 0) is 6.42 Å². The summed E-state index contributed by atoms with van der Waals surface area (Å²) in [5.74, 6) is 1.95. The average Bonchev–Trinajstić information content (AvgIpc) is 2.39. The van der Waals surface area contributed by atoms with Crippen molar-refractivity contribution >= 4 is 11.6 Å². The van der Waals surface area contributed by atoms with Crippen LogP contribution in [0.5, 0.6) is 0 Å². The Bertz CT molecular complexity index is 339. The zero-order valence-electron chi connectivity index (χ0n) is 11.9. The summed E-state index contributed by atoms with van der Waals surface area (Å²) in [5.41, 5.74) is 1.19. The van der Waals surface area contributed by atoms with Gasteiger partial charge in [-0.1, -0.05) is 33.1 Å². The molecule has 18 heavy (non-hydrogen) atoms. The van der Waals surface area contributed by atoms with Crippen molar-refractivity contribution in [2.24, 2.45) is 0 Å². The molecule has 1 rings (SSSR count). The van der Waals surface area contributed by atoms with E-state index in [-0.39, 0.29) is 0 Å². The molecule has 0 radical (unpaired) electrons. The number of aromatic nitrogens is 2. The van der Waals surface area contributed by atoms with Gasteiger partial charge in [0.25, 0.3) is 0 Å². The van der Waals surface area contributed by atoms with Crippen molar-refractivity contribution in [3.05, 3.63) is 11.9 Å². The molecule has 4 heteroatoms. The Morgan fingerprint density at radius 3 is 2.28 bits per heavy atom. The molecule has 0 aliphatic heterocycles. The van der Waals surface area contributed by atoms with Crippen LogP contribution in [-0.4, -0.2) is 23.1 Å². The lowest BCUT2D eigenvalue weighted by Crippen LogP contribution is -2.10. The molecule has 0 aliphatic rings. The van der Waals surface area contributed by atoms with Crippen LogP contribution in [0.3, 0.4) is 0 Å². The normalized spacial score (nSPS) is 10.4. The van der Waals surface area contributed by atoms with Crippen molar-refractivity contribution in [1.82, 2.24) is 9.97 Å². The number of hydrogen-bond acceptors (Lipinski definition) is 4. The minimum Gasteiger partial charge on any atom is -0.370 e. The van der Waals surface area contributed by atoms with Crippen LogP contribution < -0.4 is 10.6 Å². The Morgan fingerprint density at radius 1 is 0.944 bits per heavy atom. The van der Waals surface area contributed by atoms with Crippen LogP contribution in [0.15, 0.2) is 6.33 Å². The first-order valence-corrected chi connectivity index (χ1v) is 7.15. The summed E-state index contributed by atoms with van der Waals surface area (Å²) in [7, 11) is 0. The van der Waals surface area contributed by atoms with Gasteiger partial charge in [-0.05, 0) is 19.8 Å². The molecule has 0 bridgehead atoms. The van der Waals surface area contributed by atoms with Crippen LogP contribution in [0.25, 0.3) is 0 Å². The second-order valence-corrected chi connectivity index (χ2v) is 4.42. The number of nitrogens with zero attached hydrogens (tertiary/aromatic N) is 2. The molecule has 0 fully saturated rings. The molecule has 102 valence electrons. The summed E-state index contributed by atoms with van der Waals surface area (Å²) in [6.07, 6.45) is 7.66. The summed E-state index contributed by atoms with van der Waals surface area (Å²) >= 11 is 0. The molecule has 4 nitrogen and oxygen atoms in total. The van der Waals surface area contributed by atoms with Crippen molar-refractivity contribution in [2.75, 3.05) is 23.7 Å². The highest BCUT2D eigenvalue weighted by molar-refractivity contribution is 5.57. The van der Waals surface area contributed by atoms with E-state index >= 15 is 0 Å². The summed E-state index contributed by atoms with van der Waals surface area (Å²) in [6, 6.07) is 0. The van der Waals surface area contributed by atoms with E-state index in [4.69, 9.17) is 0 Å². The predicted octanol–water partition coefficient (Wildman–Crippen LogP) is 3.46. The largest absolute Gasteiger partial charge is 0.370 e. The maximum atomic E-state index is 4.35. The maximum absolute atomic E-state index is 4.35. The molecule has 0 atom stereocenters. The Labute approximate surface area is 111 Å². The highest BCUT2D eigenvalue weighted by Gasteiger charge is 2.08. The third-order valence-corrected chi connectivity index (χ3v) is 2.97. The maximum Gasteiger partial charge on any atom is 0.134 e. The molecule has 0 saturated heterocycles. The van der Waals surface area contributed by atoms with Crippen LogP contribution in [0.2, 0.25) is 0 Å². The minimum atomic E-state index is 0.889. The van der Waals surface area contributed by atoms with Gasteiger partial charge in [0.15, 0.2) is 0 Å². The Hall–Kier alpha value is -1.32. The fourth-order valence-corrected chi connectivity index (χ4v) is 1.98. The molecular formula is C14H26N4. The van der Waals surface area contributed by atoms with Gasteiger partial charge in [0.05, 0.1) is 0 Å². The monoisotopic (exact) mass is 250 g/mol. The third-order valence-electron chi connectivity index (χ3n) is 2.97. The Morgan fingerprint density at radius 2 is 1.67 bits per heavy atom. The fraction of sp³-hybridized carbons (Fsp3) is 0.714. The van der Waals surface area contributed by atoms with E-state index in [0.29, 0.717) is 0 Å². The van der Waals surface area contributed by atoms with Crippen molar-refractivity contribution in [1.29, 1.82) is 0 Å². The molecule has 0 aromatic carbocycles. The van der Waals surface area contributed by atoms with Gasteiger partial charge in [0, 0.05) is 18.7 Å². The molecule has 0 saturated carbocycles. The molecule has 0 unspecified atom stereocenters. The highest BCUT2D eigenvalue weighted by atomic mass is 15.1. The Balaban J connectivity index is 2.55. The van der Waals surface area contributed by atoms with E-state index in [1.165, 1.54) is 31.2 Å². The number of hydrogen-bond donors (Lipinski definition) is 2. The molecule has 1 heterocycles. The van der Waals surface area contributed by atoms with E-state index < -0.39 is 0 Å².